The first kappa shape index (κ1) is 13.2. The molecule has 0 amide bonds. The molecule has 0 bridgehead atoms. The molecule has 0 aliphatic carbocycles. The molecule has 2 nitrogen and oxygen atoms in total. The first-order chi connectivity index (χ1) is 7.51. The molecule has 2 heteroatoms. The highest BCUT2D eigenvalue weighted by Gasteiger charge is 2.23. The summed E-state index contributed by atoms with van der Waals surface area (Å²) in [6.45, 7) is 6.97. The number of rotatable bonds is 5. The minimum Gasteiger partial charge on any atom is -0.372 e. The van der Waals surface area contributed by atoms with E-state index in [0.29, 0.717) is 12.5 Å². The maximum absolute atomic E-state index is 5.74. The average Bonchev–Trinajstić information content (AvgIpc) is 2.28. The number of hydrogen-bond acceptors (Lipinski definition) is 2. The quantitative estimate of drug-likeness (QED) is 0.829. The van der Waals surface area contributed by atoms with Gasteiger partial charge in [-0.15, -0.1) is 0 Å². The maximum Gasteiger partial charge on any atom is 0.102 e. The average molecular weight is 221 g/mol. The highest BCUT2D eigenvalue weighted by Crippen LogP contribution is 2.24. The summed E-state index contributed by atoms with van der Waals surface area (Å²) in [6, 6.07) is 8.58. The van der Waals surface area contributed by atoms with E-state index in [-0.39, 0.29) is 5.60 Å². The molecule has 1 aromatic rings. The lowest BCUT2D eigenvalue weighted by Crippen LogP contribution is -2.33. The SMILES string of the molecule is COC(C)(CN)c1ccc(CC(C)C)cc1. The van der Waals surface area contributed by atoms with Gasteiger partial charge >= 0.3 is 0 Å². The third kappa shape index (κ3) is 3.06. The molecular weight excluding hydrogens is 198 g/mol. The lowest BCUT2D eigenvalue weighted by atomic mass is 9.93. The molecule has 0 aliphatic rings. The predicted octanol–water partition coefficient (Wildman–Crippen LogP) is 2.71. The van der Waals surface area contributed by atoms with E-state index >= 15 is 0 Å². The van der Waals surface area contributed by atoms with Crippen molar-refractivity contribution in [2.45, 2.75) is 32.8 Å². The summed E-state index contributed by atoms with van der Waals surface area (Å²) in [5.74, 6) is 0.689. The summed E-state index contributed by atoms with van der Waals surface area (Å²) in [4.78, 5) is 0. The van der Waals surface area contributed by atoms with Crippen molar-refractivity contribution >= 4 is 0 Å². The van der Waals surface area contributed by atoms with E-state index in [4.69, 9.17) is 10.5 Å². The van der Waals surface area contributed by atoms with Gasteiger partial charge < -0.3 is 10.5 Å². The van der Waals surface area contributed by atoms with E-state index in [9.17, 15) is 0 Å². The zero-order valence-corrected chi connectivity index (χ0v) is 10.8. The van der Waals surface area contributed by atoms with Gasteiger partial charge in [0.1, 0.15) is 5.60 Å². The van der Waals surface area contributed by atoms with Crippen molar-refractivity contribution in [3.8, 4) is 0 Å². The van der Waals surface area contributed by atoms with Gasteiger partial charge in [-0.3, -0.25) is 0 Å². The van der Waals surface area contributed by atoms with Gasteiger partial charge in [0.05, 0.1) is 0 Å². The molecule has 0 saturated heterocycles. The van der Waals surface area contributed by atoms with Crippen LogP contribution in [0.2, 0.25) is 0 Å². The molecule has 1 atom stereocenters. The third-order valence-corrected chi connectivity index (χ3v) is 3.05. The summed E-state index contributed by atoms with van der Waals surface area (Å²) in [6.07, 6.45) is 1.12. The molecule has 1 unspecified atom stereocenters. The molecule has 0 radical (unpaired) electrons. The Morgan fingerprint density at radius 2 is 1.81 bits per heavy atom. The summed E-state index contributed by atoms with van der Waals surface area (Å²) < 4.78 is 5.47. The Morgan fingerprint density at radius 1 is 1.25 bits per heavy atom. The van der Waals surface area contributed by atoms with E-state index < -0.39 is 0 Å². The molecule has 2 N–H and O–H groups in total. The number of hydrogen-bond donors (Lipinski definition) is 1. The highest BCUT2D eigenvalue weighted by molar-refractivity contribution is 5.27. The van der Waals surface area contributed by atoms with Gasteiger partial charge in [-0.25, -0.2) is 0 Å². The predicted molar refractivity (Wildman–Crippen MR) is 68.4 cm³/mol. The molecule has 0 spiro atoms. The number of nitrogens with two attached hydrogens (primary N) is 1. The fraction of sp³-hybridized carbons (Fsp3) is 0.571. The van der Waals surface area contributed by atoms with Crippen LogP contribution in [0.4, 0.5) is 0 Å². The second kappa shape index (κ2) is 5.46. The minimum atomic E-state index is -0.365. The van der Waals surface area contributed by atoms with Crippen LogP contribution in [0.25, 0.3) is 0 Å². The fourth-order valence-electron chi connectivity index (χ4n) is 1.78. The van der Waals surface area contributed by atoms with Crippen LogP contribution in [0.15, 0.2) is 24.3 Å². The van der Waals surface area contributed by atoms with E-state index in [1.54, 1.807) is 7.11 Å². The van der Waals surface area contributed by atoms with Crippen molar-refractivity contribution in [3.63, 3.8) is 0 Å². The molecule has 0 aliphatic heterocycles. The zero-order chi connectivity index (χ0) is 12.2. The Labute approximate surface area is 98.8 Å². The Morgan fingerprint density at radius 3 is 2.19 bits per heavy atom. The Kier molecular flexibility index (Phi) is 4.51. The van der Waals surface area contributed by atoms with Crippen LogP contribution in [0, 0.1) is 5.92 Å². The molecule has 1 aromatic carbocycles. The van der Waals surface area contributed by atoms with Crippen LogP contribution < -0.4 is 5.73 Å². The Balaban J connectivity index is 2.85. The Bertz CT molecular complexity index is 312. The second-order valence-corrected chi connectivity index (χ2v) is 4.93. The lowest BCUT2D eigenvalue weighted by Gasteiger charge is -2.27. The van der Waals surface area contributed by atoms with Crippen LogP contribution in [0.1, 0.15) is 31.9 Å². The largest absolute Gasteiger partial charge is 0.372 e. The molecule has 0 saturated carbocycles. The van der Waals surface area contributed by atoms with Crippen molar-refractivity contribution in [1.82, 2.24) is 0 Å². The smallest absolute Gasteiger partial charge is 0.102 e. The molecule has 16 heavy (non-hydrogen) atoms. The number of methoxy groups -OCH3 is 1. The first-order valence-electron chi connectivity index (χ1n) is 5.86. The molecular formula is C14H23NO. The van der Waals surface area contributed by atoms with Crippen LogP contribution in [0.5, 0.6) is 0 Å². The molecule has 0 heterocycles. The fourth-order valence-corrected chi connectivity index (χ4v) is 1.78. The van der Waals surface area contributed by atoms with Gasteiger partial charge in [-0.1, -0.05) is 38.1 Å². The second-order valence-electron chi connectivity index (χ2n) is 4.93. The summed E-state index contributed by atoms with van der Waals surface area (Å²) in [5, 5.41) is 0. The molecule has 1 rings (SSSR count). The van der Waals surface area contributed by atoms with Crippen molar-refractivity contribution < 1.29 is 4.74 Å². The zero-order valence-electron chi connectivity index (χ0n) is 10.8. The van der Waals surface area contributed by atoms with Crippen molar-refractivity contribution in [2.75, 3.05) is 13.7 Å². The van der Waals surface area contributed by atoms with Crippen molar-refractivity contribution in [1.29, 1.82) is 0 Å². The van der Waals surface area contributed by atoms with Crippen LogP contribution in [0.3, 0.4) is 0 Å². The van der Waals surface area contributed by atoms with Gasteiger partial charge in [0.25, 0.3) is 0 Å². The molecule has 90 valence electrons. The van der Waals surface area contributed by atoms with E-state index in [0.717, 1.165) is 12.0 Å². The van der Waals surface area contributed by atoms with Crippen molar-refractivity contribution in [3.05, 3.63) is 35.4 Å². The number of benzene rings is 1. The first-order valence-corrected chi connectivity index (χ1v) is 5.86. The van der Waals surface area contributed by atoms with Crippen molar-refractivity contribution in [2.24, 2.45) is 11.7 Å². The van der Waals surface area contributed by atoms with Gasteiger partial charge in [0, 0.05) is 13.7 Å². The van der Waals surface area contributed by atoms with Crippen LogP contribution in [-0.2, 0) is 16.8 Å². The highest BCUT2D eigenvalue weighted by atomic mass is 16.5. The van der Waals surface area contributed by atoms with Gasteiger partial charge in [-0.2, -0.15) is 0 Å². The standard InChI is InChI=1S/C14H23NO/c1-11(2)9-12-5-7-13(8-6-12)14(3,10-15)16-4/h5-8,11H,9-10,15H2,1-4H3. The van der Waals surface area contributed by atoms with E-state index in [2.05, 4.69) is 38.1 Å². The van der Waals surface area contributed by atoms with Gasteiger partial charge in [0.2, 0.25) is 0 Å². The topological polar surface area (TPSA) is 35.2 Å². The monoisotopic (exact) mass is 221 g/mol. The van der Waals surface area contributed by atoms with Gasteiger partial charge in [0.15, 0.2) is 0 Å². The van der Waals surface area contributed by atoms with Gasteiger partial charge in [-0.05, 0) is 30.4 Å². The third-order valence-electron chi connectivity index (χ3n) is 3.05. The summed E-state index contributed by atoms with van der Waals surface area (Å²) >= 11 is 0. The summed E-state index contributed by atoms with van der Waals surface area (Å²) in [5.41, 5.74) is 7.89. The lowest BCUT2D eigenvalue weighted by molar-refractivity contribution is 0.0101. The molecule has 0 fully saturated rings. The normalized spacial score (nSPS) is 15.1. The maximum atomic E-state index is 5.74. The van der Waals surface area contributed by atoms with E-state index in [1.807, 2.05) is 6.92 Å². The van der Waals surface area contributed by atoms with Crippen LogP contribution in [-0.4, -0.2) is 13.7 Å². The molecule has 0 aromatic heterocycles. The number of ether oxygens (including phenoxy) is 1. The summed E-state index contributed by atoms with van der Waals surface area (Å²) in [7, 11) is 1.70. The van der Waals surface area contributed by atoms with E-state index in [1.165, 1.54) is 5.56 Å². The van der Waals surface area contributed by atoms with Crippen LogP contribution >= 0.6 is 0 Å². The Hall–Kier alpha value is -0.860. The minimum absolute atomic E-state index is 0.365.